The van der Waals surface area contributed by atoms with E-state index in [0.717, 1.165) is 22.5 Å². The number of likely N-dealkylation sites (tertiary alicyclic amines) is 1. The molecule has 1 fully saturated rings. The highest BCUT2D eigenvalue weighted by molar-refractivity contribution is 7.15. The van der Waals surface area contributed by atoms with Crippen LogP contribution in [0, 0.1) is 12.8 Å². The molecule has 10 heteroatoms. The van der Waals surface area contributed by atoms with Gasteiger partial charge in [-0.15, -0.1) is 10.2 Å². The molecule has 0 spiro atoms. The van der Waals surface area contributed by atoms with Gasteiger partial charge in [-0.3, -0.25) is 14.4 Å². The monoisotopic (exact) mass is 497 g/mol. The van der Waals surface area contributed by atoms with Crippen LogP contribution < -0.4 is 10.6 Å². The van der Waals surface area contributed by atoms with Gasteiger partial charge < -0.3 is 15.5 Å². The van der Waals surface area contributed by atoms with E-state index in [9.17, 15) is 14.4 Å². The van der Waals surface area contributed by atoms with Gasteiger partial charge in [-0.05, 0) is 43.5 Å². The maximum atomic E-state index is 12.8. The topological polar surface area (TPSA) is 104 Å². The van der Waals surface area contributed by atoms with Crippen molar-refractivity contribution in [1.82, 2.24) is 20.4 Å². The van der Waals surface area contributed by atoms with Gasteiger partial charge in [0.2, 0.25) is 15.9 Å². The minimum Gasteiger partial charge on any atom is -0.352 e. The molecule has 0 bridgehead atoms. The van der Waals surface area contributed by atoms with E-state index in [1.165, 1.54) is 0 Å². The van der Waals surface area contributed by atoms with Crippen molar-refractivity contribution in [2.45, 2.75) is 26.3 Å². The van der Waals surface area contributed by atoms with Gasteiger partial charge in [0.25, 0.3) is 11.8 Å². The van der Waals surface area contributed by atoms with Crippen LogP contribution in [0.25, 0.3) is 0 Å². The van der Waals surface area contributed by atoms with Crippen LogP contribution in [0.3, 0.4) is 0 Å². The Bertz CT molecular complexity index is 1190. The molecule has 2 heterocycles. The normalized spacial score (nSPS) is 14.0. The van der Waals surface area contributed by atoms with Crippen LogP contribution in [0.5, 0.6) is 0 Å². The molecule has 1 aromatic heterocycles. The Morgan fingerprint density at radius 2 is 1.71 bits per heavy atom. The third-order valence-electron chi connectivity index (χ3n) is 5.68. The van der Waals surface area contributed by atoms with E-state index in [1.54, 1.807) is 23.1 Å². The van der Waals surface area contributed by atoms with Crippen LogP contribution in [0.15, 0.2) is 48.5 Å². The number of rotatable bonds is 6. The number of nitrogens with one attached hydrogen (secondary N) is 2. The second kappa shape index (κ2) is 10.8. The zero-order chi connectivity index (χ0) is 24.1. The molecule has 0 atom stereocenters. The summed E-state index contributed by atoms with van der Waals surface area (Å²) in [5.74, 6) is -0.897. The zero-order valence-corrected chi connectivity index (χ0v) is 20.2. The Balaban J connectivity index is 1.27. The summed E-state index contributed by atoms with van der Waals surface area (Å²) in [7, 11) is 0. The van der Waals surface area contributed by atoms with Gasteiger partial charge in [-0.25, -0.2) is 0 Å². The smallest absolute Gasteiger partial charge is 0.286 e. The molecule has 2 aromatic carbocycles. The number of nitrogens with zero attached hydrogens (tertiary/aromatic N) is 3. The molecule has 3 aromatic rings. The molecular weight excluding hydrogens is 474 g/mol. The van der Waals surface area contributed by atoms with Crippen molar-refractivity contribution >= 4 is 46.3 Å². The number of halogens is 1. The standard InChI is InChI=1S/C24H24ClN5O3S/c1-15-6-8-18(9-7-15)27-21(32)22-28-29-23(34-22)24(33)30-12-10-16(11-13-30)20(31)26-14-17-4-2-3-5-19(17)25/h2-9,16H,10-14H2,1H3,(H,26,31)(H,27,32). The highest BCUT2D eigenvalue weighted by Crippen LogP contribution is 2.22. The van der Waals surface area contributed by atoms with Crippen molar-refractivity contribution in [2.24, 2.45) is 5.92 Å². The molecule has 8 nitrogen and oxygen atoms in total. The predicted octanol–water partition coefficient (Wildman–Crippen LogP) is 3.92. The summed E-state index contributed by atoms with van der Waals surface area (Å²) in [5.41, 5.74) is 2.60. The molecule has 1 aliphatic heterocycles. The second-order valence-corrected chi connectivity index (χ2v) is 9.49. The molecule has 34 heavy (non-hydrogen) atoms. The number of piperidine rings is 1. The van der Waals surface area contributed by atoms with Crippen LogP contribution >= 0.6 is 22.9 Å². The number of benzene rings is 2. The van der Waals surface area contributed by atoms with Gasteiger partial charge in [0.15, 0.2) is 0 Å². The fourth-order valence-corrected chi connectivity index (χ4v) is 4.58. The molecule has 1 aliphatic rings. The van der Waals surface area contributed by atoms with Gasteiger partial charge in [0, 0.05) is 36.3 Å². The third kappa shape index (κ3) is 5.78. The Morgan fingerprint density at radius 3 is 2.41 bits per heavy atom. The highest BCUT2D eigenvalue weighted by atomic mass is 35.5. The average molecular weight is 498 g/mol. The molecule has 3 amide bonds. The Kier molecular flexibility index (Phi) is 7.54. The van der Waals surface area contributed by atoms with Gasteiger partial charge in [-0.1, -0.05) is 58.8 Å². The zero-order valence-electron chi connectivity index (χ0n) is 18.6. The van der Waals surface area contributed by atoms with Crippen LogP contribution in [0.1, 0.15) is 43.6 Å². The molecule has 0 aliphatic carbocycles. The Labute approximate surface area is 206 Å². The first-order chi connectivity index (χ1) is 16.4. The lowest BCUT2D eigenvalue weighted by Gasteiger charge is -2.30. The first kappa shape index (κ1) is 23.8. The molecule has 176 valence electrons. The maximum Gasteiger partial charge on any atom is 0.286 e. The average Bonchev–Trinajstić information content (AvgIpc) is 3.35. The van der Waals surface area contributed by atoms with E-state index in [2.05, 4.69) is 20.8 Å². The summed E-state index contributed by atoms with van der Waals surface area (Å²) in [6.07, 6.45) is 1.11. The number of carbonyl (C=O) groups is 3. The van der Waals surface area contributed by atoms with Crippen molar-refractivity contribution in [3.63, 3.8) is 0 Å². The van der Waals surface area contributed by atoms with Crippen LogP contribution in [-0.4, -0.2) is 45.9 Å². The molecule has 4 rings (SSSR count). The van der Waals surface area contributed by atoms with Crippen LogP contribution in [0.2, 0.25) is 5.02 Å². The summed E-state index contributed by atoms with van der Waals surface area (Å²) in [6.45, 7) is 3.21. The SMILES string of the molecule is Cc1ccc(NC(=O)c2nnc(C(=O)N3CCC(C(=O)NCc4ccccc4Cl)CC3)s2)cc1. The van der Waals surface area contributed by atoms with Crippen molar-refractivity contribution in [3.8, 4) is 0 Å². The van der Waals surface area contributed by atoms with E-state index < -0.39 is 5.91 Å². The lowest BCUT2D eigenvalue weighted by atomic mass is 9.95. The largest absolute Gasteiger partial charge is 0.352 e. The summed E-state index contributed by atoms with van der Waals surface area (Å²) >= 11 is 7.10. The predicted molar refractivity (Wildman–Crippen MR) is 131 cm³/mol. The Hall–Kier alpha value is -3.30. The third-order valence-corrected chi connectivity index (χ3v) is 6.95. The minimum absolute atomic E-state index is 0.0435. The fraction of sp³-hybridized carbons (Fsp3) is 0.292. The maximum absolute atomic E-state index is 12.8. The number of aromatic nitrogens is 2. The Morgan fingerprint density at radius 1 is 1.03 bits per heavy atom. The molecule has 0 unspecified atom stereocenters. The summed E-state index contributed by atoms with van der Waals surface area (Å²) < 4.78 is 0. The number of carbonyl (C=O) groups excluding carboxylic acids is 3. The molecular formula is C24H24ClN5O3S. The van der Waals surface area contributed by atoms with Crippen LogP contribution in [-0.2, 0) is 11.3 Å². The quantitative estimate of drug-likeness (QED) is 0.537. The van der Waals surface area contributed by atoms with Crippen LogP contribution in [0.4, 0.5) is 5.69 Å². The first-order valence-electron chi connectivity index (χ1n) is 10.9. The lowest BCUT2D eigenvalue weighted by molar-refractivity contribution is -0.126. The fourth-order valence-electron chi connectivity index (χ4n) is 3.67. The van der Waals surface area contributed by atoms with Gasteiger partial charge in [-0.2, -0.15) is 0 Å². The summed E-state index contributed by atoms with van der Waals surface area (Å²) in [4.78, 5) is 39.5. The van der Waals surface area contributed by atoms with Crippen molar-refractivity contribution < 1.29 is 14.4 Å². The van der Waals surface area contributed by atoms with Gasteiger partial charge >= 0.3 is 0 Å². The lowest BCUT2D eigenvalue weighted by Crippen LogP contribution is -2.42. The minimum atomic E-state index is -0.408. The van der Waals surface area contributed by atoms with Gasteiger partial charge in [0.1, 0.15) is 0 Å². The number of hydrogen-bond acceptors (Lipinski definition) is 6. The van der Waals surface area contributed by atoms with E-state index in [-0.39, 0.29) is 27.7 Å². The van der Waals surface area contributed by atoms with Crippen molar-refractivity contribution in [1.29, 1.82) is 0 Å². The summed E-state index contributed by atoms with van der Waals surface area (Å²) in [5, 5.41) is 14.4. The highest BCUT2D eigenvalue weighted by Gasteiger charge is 2.29. The van der Waals surface area contributed by atoms with Crippen molar-refractivity contribution in [2.75, 3.05) is 18.4 Å². The molecule has 0 radical (unpaired) electrons. The van der Waals surface area contributed by atoms with Gasteiger partial charge in [0.05, 0.1) is 0 Å². The second-order valence-electron chi connectivity index (χ2n) is 8.11. The molecule has 0 saturated carbocycles. The van der Waals surface area contributed by atoms with E-state index >= 15 is 0 Å². The molecule has 1 saturated heterocycles. The first-order valence-corrected chi connectivity index (χ1v) is 12.1. The molecule has 2 N–H and O–H groups in total. The van der Waals surface area contributed by atoms with E-state index in [0.29, 0.717) is 43.2 Å². The van der Waals surface area contributed by atoms with Crippen molar-refractivity contribution in [3.05, 3.63) is 74.7 Å². The number of aryl methyl sites for hydroxylation is 1. The summed E-state index contributed by atoms with van der Waals surface area (Å²) in [6, 6.07) is 14.8. The number of anilines is 1. The number of hydrogen-bond donors (Lipinski definition) is 2. The van der Waals surface area contributed by atoms with E-state index in [1.807, 2.05) is 37.3 Å². The number of amides is 3. The van der Waals surface area contributed by atoms with E-state index in [4.69, 9.17) is 11.6 Å².